The van der Waals surface area contributed by atoms with Crippen LogP contribution in [-0.2, 0) is 14.4 Å². The van der Waals surface area contributed by atoms with E-state index in [1.54, 1.807) is 41.3 Å². The van der Waals surface area contributed by atoms with Gasteiger partial charge in [-0.1, -0.05) is 30.7 Å². The standard InChI is InChI=1S/C46H49F2N9O7/c1-53-35-25-49-45(52-39(35)56(31-7-3-4-8-31)26-46(47,48)44(53)63)50-33-13-12-29(24-36(33)64-2)41(60)55-22-18-30(19-23-55)54-20-16-27(17-21-54)10-11-28-6-5-9-32-38(28)43(62)57(42(32)61)34-14-15-37(58)51-40(34)59/h5-6,9,12-13,24-25,27,30-31,34H,3-4,7-8,14-23,26H2,1-2H3,(H,49,50,52)(H,51,58,59). The van der Waals surface area contributed by atoms with Gasteiger partial charge in [-0.2, -0.15) is 13.8 Å². The van der Waals surface area contributed by atoms with Crippen molar-refractivity contribution in [3.63, 3.8) is 0 Å². The summed E-state index contributed by atoms with van der Waals surface area (Å²) in [6, 6.07) is 9.14. The van der Waals surface area contributed by atoms with Crippen LogP contribution in [0.5, 0.6) is 5.75 Å². The molecule has 1 atom stereocenters. The summed E-state index contributed by atoms with van der Waals surface area (Å²) in [5, 5.41) is 5.36. The number of piperidine rings is 3. The largest absolute Gasteiger partial charge is 0.495 e. The van der Waals surface area contributed by atoms with Gasteiger partial charge in [0.2, 0.25) is 17.8 Å². The maximum absolute atomic E-state index is 15.1. The highest BCUT2D eigenvalue weighted by Gasteiger charge is 2.49. The number of ether oxygens (including phenoxy) is 1. The molecule has 64 heavy (non-hydrogen) atoms. The van der Waals surface area contributed by atoms with Crippen molar-refractivity contribution in [2.75, 3.05) is 62.0 Å². The number of carbonyl (C=O) groups excluding carboxylic acids is 6. The molecule has 0 radical (unpaired) electrons. The lowest BCUT2D eigenvalue weighted by Gasteiger charge is -2.41. The molecule has 1 unspecified atom stereocenters. The highest BCUT2D eigenvalue weighted by atomic mass is 19.3. The molecule has 6 amide bonds. The molecule has 18 heteroatoms. The first-order valence-corrected chi connectivity index (χ1v) is 22.0. The number of hydrogen-bond donors (Lipinski definition) is 2. The summed E-state index contributed by atoms with van der Waals surface area (Å²) in [6.07, 6.45) is 8.08. The third-order valence-corrected chi connectivity index (χ3v) is 13.5. The van der Waals surface area contributed by atoms with E-state index in [-0.39, 0.29) is 59.3 Å². The molecule has 1 aromatic heterocycles. The molecule has 3 saturated heterocycles. The Morgan fingerprint density at radius 1 is 0.922 bits per heavy atom. The van der Waals surface area contributed by atoms with Gasteiger partial charge in [0.1, 0.15) is 17.5 Å². The van der Waals surface area contributed by atoms with E-state index in [4.69, 9.17) is 4.74 Å². The van der Waals surface area contributed by atoms with Crippen molar-refractivity contribution in [1.82, 2.24) is 30.0 Å². The first-order chi connectivity index (χ1) is 30.8. The minimum atomic E-state index is -3.59. The van der Waals surface area contributed by atoms with Crippen molar-refractivity contribution in [1.29, 1.82) is 0 Å². The molecular formula is C46H49F2N9O7. The predicted octanol–water partition coefficient (Wildman–Crippen LogP) is 4.36. The van der Waals surface area contributed by atoms with Gasteiger partial charge in [0.25, 0.3) is 23.6 Å². The second-order valence-electron chi connectivity index (χ2n) is 17.4. The number of benzene rings is 2. The molecule has 6 heterocycles. The van der Waals surface area contributed by atoms with Crippen molar-refractivity contribution in [3.8, 4) is 17.6 Å². The average molecular weight is 878 g/mol. The van der Waals surface area contributed by atoms with Crippen LogP contribution in [0.25, 0.3) is 0 Å². The molecule has 16 nitrogen and oxygen atoms in total. The predicted molar refractivity (Wildman–Crippen MR) is 229 cm³/mol. The number of carbonyl (C=O) groups is 6. The number of aromatic nitrogens is 2. The van der Waals surface area contributed by atoms with E-state index in [9.17, 15) is 28.8 Å². The minimum absolute atomic E-state index is 0.0494. The Morgan fingerprint density at radius 3 is 2.39 bits per heavy atom. The molecule has 4 fully saturated rings. The number of alkyl halides is 2. The van der Waals surface area contributed by atoms with E-state index in [2.05, 4.69) is 37.3 Å². The molecule has 2 aromatic carbocycles. The number of methoxy groups -OCH3 is 1. The fourth-order valence-electron chi connectivity index (χ4n) is 9.98. The second kappa shape index (κ2) is 17.2. The number of fused-ring (bicyclic) bond motifs is 2. The van der Waals surface area contributed by atoms with E-state index in [1.807, 2.05) is 4.90 Å². The summed E-state index contributed by atoms with van der Waals surface area (Å²) in [6.45, 7) is 2.09. The Balaban J connectivity index is 0.796. The van der Waals surface area contributed by atoms with E-state index in [0.717, 1.165) is 74.3 Å². The molecule has 6 aliphatic rings. The minimum Gasteiger partial charge on any atom is -0.495 e. The summed E-state index contributed by atoms with van der Waals surface area (Å²) < 4.78 is 35.8. The van der Waals surface area contributed by atoms with Crippen LogP contribution in [0.15, 0.2) is 42.6 Å². The van der Waals surface area contributed by atoms with Gasteiger partial charge in [-0.15, -0.1) is 0 Å². The number of halogens is 2. The number of rotatable bonds is 7. The highest BCUT2D eigenvalue weighted by molar-refractivity contribution is 6.24. The SMILES string of the molecule is COc1cc(C(=O)N2CCC(N3CCC(C#Cc4cccc5c4C(=O)N(C4CCC(=O)NC4=O)C5=O)CC3)CC2)ccc1Nc1ncc2c(n1)N(C1CCCC1)CC(F)(F)C(=O)N2C. The average Bonchev–Trinajstić information content (AvgIpc) is 3.92. The van der Waals surface area contributed by atoms with Gasteiger partial charge in [-0.25, -0.2) is 4.98 Å². The molecule has 1 aliphatic carbocycles. The smallest absolute Gasteiger partial charge is 0.342 e. The maximum Gasteiger partial charge on any atom is 0.342 e. The number of hydrogen-bond acceptors (Lipinski definition) is 12. The van der Waals surface area contributed by atoms with Crippen molar-refractivity contribution < 1.29 is 42.3 Å². The zero-order valence-electron chi connectivity index (χ0n) is 35.7. The first kappa shape index (κ1) is 42.8. The number of nitrogens with one attached hydrogen (secondary N) is 2. The fraction of sp³-hybridized carbons (Fsp3) is 0.478. The van der Waals surface area contributed by atoms with E-state index in [1.165, 1.54) is 20.4 Å². The topological polar surface area (TPSA) is 178 Å². The summed E-state index contributed by atoms with van der Waals surface area (Å²) in [4.78, 5) is 94.1. The zero-order valence-corrected chi connectivity index (χ0v) is 35.7. The molecule has 3 aromatic rings. The van der Waals surface area contributed by atoms with Crippen LogP contribution < -0.4 is 25.2 Å². The lowest BCUT2D eigenvalue weighted by molar-refractivity contribution is -0.140. The Kier molecular flexibility index (Phi) is 11.5. The van der Waals surface area contributed by atoms with Crippen LogP contribution in [0.2, 0.25) is 0 Å². The molecule has 5 aliphatic heterocycles. The third kappa shape index (κ3) is 8.01. The second-order valence-corrected chi connectivity index (χ2v) is 17.4. The number of likely N-dealkylation sites (tertiary alicyclic amines) is 2. The van der Waals surface area contributed by atoms with Crippen LogP contribution >= 0.6 is 0 Å². The lowest BCUT2D eigenvalue weighted by Crippen LogP contribution is -2.54. The molecule has 1 saturated carbocycles. The van der Waals surface area contributed by atoms with Crippen LogP contribution in [0.3, 0.4) is 0 Å². The Bertz CT molecular complexity index is 2490. The molecule has 0 spiro atoms. The normalized spacial score (nSPS) is 22.2. The van der Waals surface area contributed by atoms with Crippen molar-refractivity contribution in [3.05, 3.63) is 64.8 Å². The van der Waals surface area contributed by atoms with Gasteiger partial charge in [-0.05, 0) is 88.4 Å². The van der Waals surface area contributed by atoms with Gasteiger partial charge in [0.15, 0.2) is 5.82 Å². The summed E-state index contributed by atoms with van der Waals surface area (Å²) >= 11 is 0. The van der Waals surface area contributed by atoms with Gasteiger partial charge >= 0.3 is 5.92 Å². The quantitative estimate of drug-likeness (QED) is 0.254. The van der Waals surface area contributed by atoms with Crippen molar-refractivity contribution >= 4 is 58.6 Å². The molecular weight excluding hydrogens is 829 g/mol. The summed E-state index contributed by atoms with van der Waals surface area (Å²) in [7, 11) is 2.80. The number of imide groups is 2. The number of anilines is 4. The van der Waals surface area contributed by atoms with E-state index < -0.39 is 48.0 Å². The summed E-state index contributed by atoms with van der Waals surface area (Å²) in [5.74, 6) is 0.160. The van der Waals surface area contributed by atoms with Gasteiger partial charge in [0.05, 0.1) is 36.7 Å². The van der Waals surface area contributed by atoms with Crippen molar-refractivity contribution in [2.24, 2.45) is 5.92 Å². The van der Waals surface area contributed by atoms with Crippen molar-refractivity contribution in [2.45, 2.75) is 88.3 Å². The van der Waals surface area contributed by atoms with Gasteiger partial charge in [0, 0.05) is 55.7 Å². The van der Waals surface area contributed by atoms with Crippen LogP contribution in [0, 0.1) is 17.8 Å². The first-order valence-electron chi connectivity index (χ1n) is 22.0. The Labute approximate surface area is 368 Å². The number of nitrogens with zero attached hydrogens (tertiary/aromatic N) is 7. The maximum atomic E-state index is 15.1. The van der Waals surface area contributed by atoms with E-state index in [0.29, 0.717) is 41.7 Å². The fourth-order valence-corrected chi connectivity index (χ4v) is 9.98. The highest BCUT2D eigenvalue weighted by Crippen LogP contribution is 2.40. The Hall–Kier alpha value is -6.48. The molecule has 2 N–H and O–H groups in total. The zero-order chi connectivity index (χ0) is 44.9. The van der Waals surface area contributed by atoms with Crippen LogP contribution in [0.4, 0.5) is 31.9 Å². The third-order valence-electron chi connectivity index (χ3n) is 13.5. The van der Waals surface area contributed by atoms with Crippen LogP contribution in [0.1, 0.15) is 101 Å². The summed E-state index contributed by atoms with van der Waals surface area (Å²) in [5.41, 5.74) is 2.00. The molecule has 9 rings (SSSR count). The monoisotopic (exact) mass is 877 g/mol. The van der Waals surface area contributed by atoms with Gasteiger partial charge < -0.3 is 29.7 Å². The molecule has 334 valence electrons. The Morgan fingerprint density at radius 2 is 1.67 bits per heavy atom. The lowest BCUT2D eigenvalue weighted by atomic mass is 9.93. The van der Waals surface area contributed by atoms with Crippen LogP contribution in [-0.4, -0.2) is 131 Å². The van der Waals surface area contributed by atoms with E-state index >= 15 is 8.78 Å². The number of amides is 6. The molecule has 0 bridgehead atoms. The van der Waals surface area contributed by atoms with Gasteiger partial charge in [-0.3, -0.25) is 39.0 Å².